The first-order valence-corrected chi connectivity index (χ1v) is 25.0. The number of carbonyl (C=O) groups is 5. The van der Waals surface area contributed by atoms with Gasteiger partial charge in [-0.2, -0.15) is 0 Å². The molecular formula is C62H58N8O6. The van der Waals surface area contributed by atoms with Crippen LogP contribution in [0.4, 0.5) is 64.7 Å². The topological polar surface area (TPSA) is 223 Å². The number of primary amides is 4. The lowest BCUT2D eigenvalue weighted by molar-refractivity contribution is 0.0994. The molecule has 8 aromatic carbocycles. The van der Waals surface area contributed by atoms with Crippen molar-refractivity contribution in [3.05, 3.63) is 239 Å². The Balaban J connectivity index is 0.000000124. The number of ketones is 1. The quantitative estimate of drug-likeness (QED) is 0.0993. The number of nitrogens with two attached hydrogens (primary N) is 4. The third-order valence-corrected chi connectivity index (χ3v) is 14.0. The highest BCUT2D eigenvalue weighted by Crippen LogP contribution is 2.43. The van der Waals surface area contributed by atoms with Crippen LogP contribution in [0.5, 0.6) is 0 Å². The molecule has 9 N–H and O–H groups in total. The molecule has 14 heteroatoms. The lowest BCUT2D eigenvalue weighted by Crippen LogP contribution is -2.32. The number of urea groups is 4. The number of rotatable bonds is 0. The van der Waals surface area contributed by atoms with Crippen LogP contribution in [-0.4, -0.2) is 35.0 Å². The Morgan fingerprint density at radius 1 is 0.368 bits per heavy atom. The number of fused-ring (bicyclic) bond motifs is 8. The molecule has 0 bridgehead atoms. The predicted octanol–water partition coefficient (Wildman–Crippen LogP) is 12.3. The summed E-state index contributed by atoms with van der Waals surface area (Å²) in [6.07, 6.45) is 1.93. The molecule has 0 saturated heterocycles. The molecule has 14 nitrogen and oxygen atoms in total. The van der Waals surface area contributed by atoms with E-state index in [-0.39, 0.29) is 12.2 Å². The van der Waals surface area contributed by atoms with Crippen LogP contribution in [0.1, 0.15) is 81.1 Å². The number of anilines is 8. The Labute approximate surface area is 441 Å². The molecule has 0 aliphatic carbocycles. The maximum absolute atomic E-state index is 12.3. The molecule has 4 aliphatic rings. The summed E-state index contributed by atoms with van der Waals surface area (Å²) in [5, 5.41) is 10.3. The molecule has 4 heterocycles. The van der Waals surface area contributed by atoms with Crippen molar-refractivity contribution >= 4 is 75.4 Å². The Kier molecular flexibility index (Phi) is 15.1. The fourth-order valence-electron chi connectivity index (χ4n) is 10.6. The van der Waals surface area contributed by atoms with Gasteiger partial charge in [0.15, 0.2) is 5.78 Å². The Bertz CT molecular complexity index is 3240. The summed E-state index contributed by atoms with van der Waals surface area (Å²) >= 11 is 0. The molecule has 4 aliphatic heterocycles. The van der Waals surface area contributed by atoms with E-state index in [1.165, 1.54) is 9.80 Å². The Morgan fingerprint density at radius 3 is 1.05 bits per heavy atom. The summed E-state index contributed by atoms with van der Waals surface area (Å²) in [4.78, 5) is 65.7. The number of aliphatic hydroxyl groups is 1. The number of carbonyl (C=O) groups excluding carboxylic acids is 5. The lowest BCUT2D eigenvalue weighted by Gasteiger charge is -2.22. The monoisotopic (exact) mass is 1010 g/mol. The highest BCUT2D eigenvalue weighted by atomic mass is 16.3. The van der Waals surface area contributed by atoms with Crippen LogP contribution in [0.2, 0.25) is 0 Å². The van der Waals surface area contributed by atoms with Gasteiger partial charge in [0.25, 0.3) is 0 Å². The molecule has 382 valence electrons. The second kappa shape index (κ2) is 22.3. The van der Waals surface area contributed by atoms with E-state index >= 15 is 0 Å². The fourth-order valence-corrected chi connectivity index (χ4v) is 10.6. The van der Waals surface area contributed by atoms with E-state index in [4.69, 9.17) is 22.9 Å². The predicted molar refractivity (Wildman–Crippen MR) is 299 cm³/mol. The van der Waals surface area contributed by atoms with Crippen molar-refractivity contribution in [2.45, 2.75) is 57.5 Å². The average molecular weight is 1010 g/mol. The zero-order valence-electron chi connectivity index (χ0n) is 42.1. The zero-order chi connectivity index (χ0) is 53.6. The van der Waals surface area contributed by atoms with Crippen LogP contribution in [0.3, 0.4) is 0 Å². The molecule has 8 aromatic rings. The van der Waals surface area contributed by atoms with E-state index in [9.17, 15) is 29.1 Å². The van der Waals surface area contributed by atoms with E-state index in [1.54, 1.807) is 46.2 Å². The van der Waals surface area contributed by atoms with Crippen molar-refractivity contribution in [3.63, 3.8) is 0 Å². The maximum Gasteiger partial charge on any atom is 0.323 e. The van der Waals surface area contributed by atoms with Crippen LogP contribution in [0, 0.1) is 0 Å². The van der Waals surface area contributed by atoms with Gasteiger partial charge in [-0.1, -0.05) is 153 Å². The first-order valence-electron chi connectivity index (χ1n) is 25.0. The highest BCUT2D eigenvalue weighted by Gasteiger charge is 2.31. The van der Waals surface area contributed by atoms with Gasteiger partial charge in [-0.15, -0.1) is 0 Å². The Hall–Kier alpha value is -9.53. The van der Waals surface area contributed by atoms with E-state index in [0.717, 1.165) is 80.2 Å². The molecule has 76 heavy (non-hydrogen) atoms. The van der Waals surface area contributed by atoms with Crippen molar-refractivity contribution in [2.24, 2.45) is 22.9 Å². The summed E-state index contributed by atoms with van der Waals surface area (Å²) in [5.41, 5.74) is 36.0. The van der Waals surface area contributed by atoms with E-state index in [1.807, 2.05) is 133 Å². The standard InChI is InChI=1S/2C16H16N2O.C15H14N2O2.C15H12N2O2/c2*1-11-10-12-6-2-4-8-14(12)18(16(17)19)15-9-5-3-7-13(11)15;2*16-15(19)17-12-7-3-1-5-10(12)9-14(18)11-6-2-4-8-13(11)17/h2*2-9,11H,10H2,1H3,(H2,17,19);1-8,14,18H,9H2,(H2,16,19);1-8H,9H2,(H2,16,19)/t2*11-;;/m10../s1. The molecule has 0 spiro atoms. The summed E-state index contributed by atoms with van der Waals surface area (Å²) < 4.78 is 0. The first kappa shape index (κ1) is 51.4. The SMILES string of the molecule is C[C@@H]1Cc2ccccc2N(C(N)=O)c2ccccc21.C[C@H]1Cc2ccccc2N(C(N)=O)c2ccccc21.NC(=O)N1c2ccccc2CC(=O)c2ccccc21.NC(=O)N1c2ccccc2CC(O)c2ccccc21. The molecule has 12 rings (SSSR count). The first-order chi connectivity index (χ1) is 36.7. The molecule has 0 radical (unpaired) electrons. The van der Waals surface area contributed by atoms with Gasteiger partial charge in [0.1, 0.15) is 0 Å². The van der Waals surface area contributed by atoms with Gasteiger partial charge in [-0.3, -0.25) is 24.4 Å². The summed E-state index contributed by atoms with van der Waals surface area (Å²) in [7, 11) is 0. The second-order valence-electron chi connectivity index (χ2n) is 18.9. The lowest BCUT2D eigenvalue weighted by atomic mass is 9.94. The van der Waals surface area contributed by atoms with E-state index in [0.29, 0.717) is 40.9 Å². The third kappa shape index (κ3) is 10.3. The average Bonchev–Trinajstić information content (AvgIpc) is 3.77. The number of para-hydroxylation sites is 8. The van der Waals surface area contributed by atoms with Crippen LogP contribution in [-0.2, 0) is 25.7 Å². The minimum atomic E-state index is -0.637. The highest BCUT2D eigenvalue weighted by molar-refractivity contribution is 6.12. The van der Waals surface area contributed by atoms with Crippen LogP contribution < -0.4 is 42.5 Å². The largest absolute Gasteiger partial charge is 0.388 e. The van der Waals surface area contributed by atoms with Gasteiger partial charge >= 0.3 is 24.1 Å². The summed E-state index contributed by atoms with van der Waals surface area (Å²) in [6, 6.07) is 59.0. The van der Waals surface area contributed by atoms with Crippen LogP contribution in [0.15, 0.2) is 194 Å². The van der Waals surface area contributed by atoms with Crippen molar-refractivity contribution < 1.29 is 29.1 Å². The summed E-state index contributed by atoms with van der Waals surface area (Å²) in [5.74, 6) is 0.718. The van der Waals surface area contributed by atoms with Gasteiger partial charge in [-0.05, 0) is 113 Å². The van der Waals surface area contributed by atoms with E-state index in [2.05, 4.69) is 38.1 Å². The molecular weight excluding hydrogens is 953 g/mol. The van der Waals surface area contributed by atoms with Crippen molar-refractivity contribution in [2.75, 3.05) is 19.6 Å². The van der Waals surface area contributed by atoms with Gasteiger partial charge in [-0.25, -0.2) is 19.2 Å². The maximum atomic E-state index is 12.3. The van der Waals surface area contributed by atoms with Crippen LogP contribution >= 0.6 is 0 Å². The van der Waals surface area contributed by atoms with E-state index < -0.39 is 30.2 Å². The smallest absolute Gasteiger partial charge is 0.323 e. The number of aliphatic hydroxyl groups excluding tert-OH is 1. The molecule has 3 atom stereocenters. The molecule has 8 amide bonds. The second-order valence-corrected chi connectivity index (χ2v) is 18.9. The normalized spacial score (nSPS) is 16.4. The molecule has 0 saturated carbocycles. The Morgan fingerprint density at radius 2 is 0.645 bits per heavy atom. The van der Waals surface area contributed by atoms with Gasteiger partial charge < -0.3 is 28.0 Å². The molecule has 0 aromatic heterocycles. The fraction of sp³-hybridized carbons (Fsp3) is 0.145. The van der Waals surface area contributed by atoms with Crippen molar-refractivity contribution in [3.8, 4) is 0 Å². The number of benzene rings is 8. The van der Waals surface area contributed by atoms with Gasteiger partial charge in [0.2, 0.25) is 0 Å². The minimum absolute atomic E-state index is 0.00759. The summed E-state index contributed by atoms with van der Waals surface area (Å²) in [6.45, 7) is 4.36. The van der Waals surface area contributed by atoms with Crippen molar-refractivity contribution in [1.29, 1.82) is 0 Å². The number of amides is 8. The number of nitrogens with zero attached hydrogens (tertiary/aromatic N) is 4. The molecule has 0 fully saturated rings. The van der Waals surface area contributed by atoms with Gasteiger partial charge in [0.05, 0.1) is 51.6 Å². The van der Waals surface area contributed by atoms with Gasteiger partial charge in [0, 0.05) is 24.0 Å². The minimum Gasteiger partial charge on any atom is -0.388 e. The zero-order valence-corrected chi connectivity index (χ0v) is 42.1. The number of hydrogen-bond donors (Lipinski definition) is 5. The number of Topliss-reactive ketones (excluding diaryl/α,β-unsaturated/α-hetero) is 1. The van der Waals surface area contributed by atoms with Crippen molar-refractivity contribution in [1.82, 2.24) is 0 Å². The third-order valence-electron chi connectivity index (χ3n) is 14.0. The molecule has 1 unspecified atom stereocenters. The van der Waals surface area contributed by atoms with Crippen LogP contribution in [0.25, 0.3) is 0 Å². The number of hydrogen-bond acceptors (Lipinski definition) is 6.